The number of nitrogens with one attached hydrogen (secondary N) is 1. The van der Waals surface area contributed by atoms with Gasteiger partial charge in [0.25, 0.3) is 11.5 Å². The lowest BCUT2D eigenvalue weighted by Gasteiger charge is -2.10. The van der Waals surface area contributed by atoms with Crippen LogP contribution >= 0.6 is 0 Å². The van der Waals surface area contributed by atoms with Gasteiger partial charge in [0.1, 0.15) is 11.3 Å². The Morgan fingerprint density at radius 1 is 1.07 bits per heavy atom. The molecule has 0 fully saturated rings. The van der Waals surface area contributed by atoms with E-state index in [-0.39, 0.29) is 17.8 Å². The van der Waals surface area contributed by atoms with Crippen LogP contribution in [0.15, 0.2) is 65.6 Å². The highest BCUT2D eigenvalue weighted by Crippen LogP contribution is 2.14. The van der Waals surface area contributed by atoms with E-state index in [1.54, 1.807) is 31.5 Å². The van der Waals surface area contributed by atoms with Crippen molar-refractivity contribution in [3.05, 3.63) is 93.9 Å². The van der Waals surface area contributed by atoms with Gasteiger partial charge in [0.15, 0.2) is 11.6 Å². The minimum atomic E-state index is -1.09. The zero-order valence-corrected chi connectivity index (χ0v) is 14.4. The SMILES string of the molecule is COc1ccc(Cn2cccc(C(=O)Nc3ccc(F)c(F)c3)c2=O)cc1. The van der Waals surface area contributed by atoms with Gasteiger partial charge in [0, 0.05) is 18.0 Å². The lowest BCUT2D eigenvalue weighted by molar-refractivity contribution is 0.102. The predicted octanol–water partition coefficient (Wildman–Crippen LogP) is 3.44. The third-order valence-corrected chi connectivity index (χ3v) is 3.95. The second kappa shape index (κ2) is 7.82. The molecule has 7 heteroatoms. The Hall–Kier alpha value is -3.48. The van der Waals surface area contributed by atoms with Gasteiger partial charge in [0.05, 0.1) is 13.7 Å². The van der Waals surface area contributed by atoms with E-state index < -0.39 is 23.1 Å². The molecule has 1 amide bonds. The van der Waals surface area contributed by atoms with Crippen LogP contribution in [-0.2, 0) is 6.54 Å². The van der Waals surface area contributed by atoms with Crippen LogP contribution in [0.25, 0.3) is 0 Å². The molecule has 0 spiro atoms. The van der Waals surface area contributed by atoms with Gasteiger partial charge >= 0.3 is 0 Å². The number of benzene rings is 2. The van der Waals surface area contributed by atoms with Crippen molar-refractivity contribution < 1.29 is 18.3 Å². The number of methoxy groups -OCH3 is 1. The minimum absolute atomic E-state index is 0.0591. The normalized spacial score (nSPS) is 10.5. The average molecular weight is 370 g/mol. The van der Waals surface area contributed by atoms with E-state index in [0.717, 1.165) is 17.7 Å². The number of nitrogens with zero attached hydrogens (tertiary/aromatic N) is 1. The van der Waals surface area contributed by atoms with E-state index in [2.05, 4.69) is 5.32 Å². The summed E-state index contributed by atoms with van der Waals surface area (Å²) in [5, 5.41) is 2.40. The average Bonchev–Trinajstić information content (AvgIpc) is 2.67. The topological polar surface area (TPSA) is 60.3 Å². The maximum absolute atomic E-state index is 13.3. The number of hydrogen-bond donors (Lipinski definition) is 1. The van der Waals surface area contributed by atoms with E-state index in [0.29, 0.717) is 5.75 Å². The predicted molar refractivity (Wildman–Crippen MR) is 97.1 cm³/mol. The van der Waals surface area contributed by atoms with Crippen LogP contribution in [0.3, 0.4) is 0 Å². The molecule has 5 nitrogen and oxygen atoms in total. The Bertz CT molecular complexity index is 1030. The zero-order chi connectivity index (χ0) is 19.4. The Morgan fingerprint density at radius 3 is 2.48 bits per heavy atom. The van der Waals surface area contributed by atoms with Gasteiger partial charge in [0.2, 0.25) is 0 Å². The number of pyridine rings is 1. The maximum Gasteiger partial charge on any atom is 0.263 e. The van der Waals surface area contributed by atoms with Crippen LogP contribution in [0.4, 0.5) is 14.5 Å². The second-order valence-corrected chi connectivity index (χ2v) is 5.79. The van der Waals surface area contributed by atoms with E-state index >= 15 is 0 Å². The van der Waals surface area contributed by atoms with Gasteiger partial charge in [-0.2, -0.15) is 0 Å². The Balaban J connectivity index is 1.81. The quantitative estimate of drug-likeness (QED) is 0.749. The molecule has 138 valence electrons. The fraction of sp³-hybridized carbons (Fsp3) is 0.100. The fourth-order valence-electron chi connectivity index (χ4n) is 2.53. The molecular formula is C20H16F2N2O3. The molecule has 0 aliphatic carbocycles. The first-order valence-electron chi connectivity index (χ1n) is 8.06. The van der Waals surface area contributed by atoms with Crippen molar-refractivity contribution in [1.82, 2.24) is 4.57 Å². The maximum atomic E-state index is 13.3. The number of carbonyl (C=O) groups is 1. The standard InChI is InChI=1S/C20H16F2N2O3/c1-27-15-7-4-13(5-8-15)12-24-10-2-3-16(20(24)26)19(25)23-14-6-9-17(21)18(22)11-14/h2-11H,12H2,1H3,(H,23,25). The summed E-state index contributed by atoms with van der Waals surface area (Å²) in [6, 6.07) is 13.1. The van der Waals surface area contributed by atoms with Crippen LogP contribution in [0.1, 0.15) is 15.9 Å². The molecule has 0 unspecified atom stereocenters. The van der Waals surface area contributed by atoms with Gasteiger partial charge in [-0.15, -0.1) is 0 Å². The Morgan fingerprint density at radius 2 is 1.81 bits per heavy atom. The van der Waals surface area contributed by atoms with Crippen LogP contribution in [0.2, 0.25) is 0 Å². The molecule has 0 aliphatic heterocycles. The van der Waals surface area contributed by atoms with E-state index in [9.17, 15) is 18.4 Å². The van der Waals surface area contributed by atoms with Crippen molar-refractivity contribution in [2.75, 3.05) is 12.4 Å². The molecule has 1 heterocycles. The largest absolute Gasteiger partial charge is 0.497 e. The smallest absolute Gasteiger partial charge is 0.263 e. The first-order valence-corrected chi connectivity index (χ1v) is 8.06. The Labute approximate surface area is 153 Å². The summed E-state index contributed by atoms with van der Waals surface area (Å²) in [6.45, 7) is 0.273. The van der Waals surface area contributed by atoms with Crippen molar-refractivity contribution in [2.45, 2.75) is 6.54 Å². The fourth-order valence-corrected chi connectivity index (χ4v) is 2.53. The van der Waals surface area contributed by atoms with Crippen molar-refractivity contribution in [2.24, 2.45) is 0 Å². The molecule has 1 N–H and O–H groups in total. The summed E-state index contributed by atoms with van der Waals surface area (Å²) in [4.78, 5) is 25.0. The minimum Gasteiger partial charge on any atom is -0.497 e. The number of halogens is 2. The summed E-state index contributed by atoms with van der Waals surface area (Å²) in [6.07, 6.45) is 1.57. The molecule has 3 aromatic rings. The third-order valence-electron chi connectivity index (χ3n) is 3.95. The van der Waals surface area contributed by atoms with Crippen LogP contribution in [0, 0.1) is 11.6 Å². The van der Waals surface area contributed by atoms with E-state index in [1.165, 1.54) is 16.7 Å². The van der Waals surface area contributed by atoms with E-state index in [4.69, 9.17) is 4.74 Å². The second-order valence-electron chi connectivity index (χ2n) is 5.79. The van der Waals surface area contributed by atoms with E-state index in [1.807, 2.05) is 12.1 Å². The first kappa shape index (κ1) is 18.3. The number of aromatic nitrogens is 1. The van der Waals surface area contributed by atoms with Crippen LogP contribution < -0.4 is 15.6 Å². The molecule has 0 aliphatic rings. The lowest BCUT2D eigenvalue weighted by Crippen LogP contribution is -2.29. The zero-order valence-electron chi connectivity index (χ0n) is 14.4. The third kappa shape index (κ3) is 4.20. The summed E-state index contributed by atoms with van der Waals surface area (Å²) < 4.78 is 32.7. The van der Waals surface area contributed by atoms with Gasteiger partial charge in [-0.25, -0.2) is 8.78 Å². The Kier molecular flexibility index (Phi) is 5.30. The lowest BCUT2D eigenvalue weighted by atomic mass is 10.2. The van der Waals surface area contributed by atoms with Crippen molar-refractivity contribution >= 4 is 11.6 Å². The molecule has 0 saturated heterocycles. The summed E-state index contributed by atoms with van der Waals surface area (Å²) in [7, 11) is 1.56. The highest BCUT2D eigenvalue weighted by Gasteiger charge is 2.13. The number of rotatable bonds is 5. The van der Waals surface area contributed by atoms with Gasteiger partial charge in [-0.3, -0.25) is 9.59 Å². The van der Waals surface area contributed by atoms with Crippen LogP contribution in [-0.4, -0.2) is 17.6 Å². The van der Waals surface area contributed by atoms with Crippen molar-refractivity contribution in [1.29, 1.82) is 0 Å². The molecular weight excluding hydrogens is 354 g/mol. The summed E-state index contributed by atoms with van der Waals surface area (Å²) in [5.74, 6) is -2.10. The van der Waals surface area contributed by atoms with Crippen molar-refractivity contribution in [3.8, 4) is 5.75 Å². The highest BCUT2D eigenvalue weighted by atomic mass is 19.2. The number of amides is 1. The molecule has 27 heavy (non-hydrogen) atoms. The molecule has 0 atom stereocenters. The molecule has 0 bridgehead atoms. The highest BCUT2D eigenvalue weighted by molar-refractivity contribution is 6.03. The van der Waals surface area contributed by atoms with Gasteiger partial charge < -0.3 is 14.6 Å². The number of hydrogen-bond acceptors (Lipinski definition) is 3. The number of ether oxygens (including phenoxy) is 1. The van der Waals surface area contributed by atoms with Gasteiger partial charge in [-0.05, 0) is 42.0 Å². The van der Waals surface area contributed by atoms with Gasteiger partial charge in [-0.1, -0.05) is 12.1 Å². The molecule has 0 saturated carbocycles. The summed E-state index contributed by atoms with van der Waals surface area (Å²) in [5.41, 5.74) is 0.323. The monoisotopic (exact) mass is 370 g/mol. The molecule has 3 rings (SSSR count). The molecule has 1 aromatic heterocycles. The number of anilines is 1. The van der Waals surface area contributed by atoms with Crippen molar-refractivity contribution in [3.63, 3.8) is 0 Å². The van der Waals surface area contributed by atoms with Crippen LogP contribution in [0.5, 0.6) is 5.75 Å². The first-order chi connectivity index (χ1) is 13.0. The molecule has 0 radical (unpaired) electrons. The summed E-state index contributed by atoms with van der Waals surface area (Å²) >= 11 is 0. The number of carbonyl (C=O) groups excluding carboxylic acids is 1. The molecule has 2 aromatic carbocycles.